The molecule has 2 atom stereocenters. The number of rotatable bonds is 22. The van der Waals surface area contributed by atoms with E-state index >= 15 is 0 Å². The molecule has 0 saturated heterocycles. The number of aliphatic hydroxyl groups excluding tert-OH is 1. The van der Waals surface area contributed by atoms with Gasteiger partial charge in [-0.05, 0) is 25.7 Å². The van der Waals surface area contributed by atoms with Crippen molar-refractivity contribution in [2.24, 2.45) is 0 Å². The molecule has 0 amide bonds. The van der Waals surface area contributed by atoms with Crippen LogP contribution in [0.1, 0.15) is 142 Å². The summed E-state index contributed by atoms with van der Waals surface area (Å²) in [6.45, 7) is 4.22. The van der Waals surface area contributed by atoms with Crippen molar-refractivity contribution in [1.82, 2.24) is 0 Å². The van der Waals surface area contributed by atoms with E-state index in [4.69, 9.17) is 0 Å². The average molecular weight is 435 g/mol. The van der Waals surface area contributed by atoms with Crippen LogP contribution >= 0.6 is 0 Å². The van der Waals surface area contributed by atoms with E-state index in [1.54, 1.807) is 0 Å². The van der Waals surface area contributed by atoms with Gasteiger partial charge in [-0.25, -0.2) is 0 Å². The van der Waals surface area contributed by atoms with Gasteiger partial charge in [-0.2, -0.15) is 8.42 Å². The van der Waals surface area contributed by atoms with E-state index in [-0.39, 0.29) is 6.10 Å². The largest absolute Gasteiger partial charge is 0.393 e. The Balaban J connectivity index is 3.63. The Kier molecular flexibility index (Phi) is 19.7. The van der Waals surface area contributed by atoms with Crippen LogP contribution in [-0.4, -0.2) is 29.4 Å². The third-order valence-corrected chi connectivity index (χ3v) is 7.40. The van der Waals surface area contributed by atoms with Crippen molar-refractivity contribution in [2.45, 2.75) is 154 Å². The normalized spacial score (nSPS) is 14.2. The SMILES string of the molecule is CCCCCCCCCCCCCCCC(CCCCCC(O)CC)S(=O)(=O)O. The van der Waals surface area contributed by atoms with E-state index in [0.717, 1.165) is 44.9 Å². The number of unbranched alkanes of at least 4 members (excludes halogenated alkanes) is 14. The Morgan fingerprint density at radius 1 is 0.586 bits per heavy atom. The molecule has 4 nitrogen and oxygen atoms in total. The highest BCUT2D eigenvalue weighted by molar-refractivity contribution is 7.86. The summed E-state index contributed by atoms with van der Waals surface area (Å²) < 4.78 is 32.7. The maximum atomic E-state index is 11.6. The molecule has 29 heavy (non-hydrogen) atoms. The second-order valence-corrected chi connectivity index (χ2v) is 10.6. The quantitative estimate of drug-likeness (QED) is 0.137. The fourth-order valence-corrected chi connectivity index (χ4v) is 4.89. The van der Waals surface area contributed by atoms with Crippen LogP contribution in [0.2, 0.25) is 0 Å². The van der Waals surface area contributed by atoms with Gasteiger partial charge in [-0.3, -0.25) is 4.55 Å². The lowest BCUT2D eigenvalue weighted by Gasteiger charge is -2.14. The molecule has 0 saturated carbocycles. The van der Waals surface area contributed by atoms with Crippen LogP contribution in [0.3, 0.4) is 0 Å². The zero-order valence-corrected chi connectivity index (χ0v) is 20.2. The summed E-state index contributed by atoms with van der Waals surface area (Å²) in [5, 5.41) is 8.94. The summed E-state index contributed by atoms with van der Waals surface area (Å²) in [5.74, 6) is 0. The van der Waals surface area contributed by atoms with Crippen molar-refractivity contribution in [3.8, 4) is 0 Å². The van der Waals surface area contributed by atoms with Crippen LogP contribution in [0.4, 0.5) is 0 Å². The molecule has 0 aliphatic carbocycles. The summed E-state index contributed by atoms with van der Waals surface area (Å²) in [6, 6.07) is 0. The lowest BCUT2D eigenvalue weighted by atomic mass is 10.0. The van der Waals surface area contributed by atoms with Gasteiger partial charge in [0.1, 0.15) is 0 Å². The minimum Gasteiger partial charge on any atom is -0.393 e. The van der Waals surface area contributed by atoms with Gasteiger partial charge in [0.25, 0.3) is 10.1 Å². The molecule has 0 bridgehead atoms. The molecule has 0 rings (SSSR count). The van der Waals surface area contributed by atoms with Crippen molar-refractivity contribution in [3.05, 3.63) is 0 Å². The van der Waals surface area contributed by atoms with Crippen LogP contribution in [0.25, 0.3) is 0 Å². The Labute approximate surface area is 182 Å². The Morgan fingerprint density at radius 2 is 0.931 bits per heavy atom. The van der Waals surface area contributed by atoms with Crippen molar-refractivity contribution >= 4 is 10.1 Å². The molecule has 0 aromatic rings. The Hall–Kier alpha value is -0.130. The molecule has 0 aromatic heterocycles. The summed E-state index contributed by atoms with van der Waals surface area (Å²) >= 11 is 0. The zero-order chi connectivity index (χ0) is 21.8. The smallest absolute Gasteiger partial charge is 0.267 e. The fraction of sp³-hybridized carbons (Fsp3) is 1.00. The standard InChI is InChI=1S/C24H50O4S/c1-3-5-6-7-8-9-10-11-12-13-14-15-18-21-24(29(26,27)28)22-19-16-17-20-23(25)4-2/h23-25H,3-22H2,1-2H3,(H,26,27,28). The molecule has 0 aliphatic rings. The summed E-state index contributed by atoms with van der Waals surface area (Å²) in [4.78, 5) is 0. The van der Waals surface area contributed by atoms with Crippen LogP contribution in [0, 0.1) is 0 Å². The first kappa shape index (κ1) is 28.9. The van der Waals surface area contributed by atoms with E-state index in [1.807, 2.05) is 6.92 Å². The summed E-state index contributed by atoms with van der Waals surface area (Å²) in [7, 11) is -3.94. The van der Waals surface area contributed by atoms with Gasteiger partial charge in [-0.15, -0.1) is 0 Å². The maximum absolute atomic E-state index is 11.6. The van der Waals surface area contributed by atoms with Gasteiger partial charge < -0.3 is 5.11 Å². The van der Waals surface area contributed by atoms with E-state index in [2.05, 4.69) is 6.92 Å². The highest BCUT2D eigenvalue weighted by atomic mass is 32.2. The lowest BCUT2D eigenvalue weighted by molar-refractivity contribution is 0.156. The van der Waals surface area contributed by atoms with E-state index in [0.29, 0.717) is 12.8 Å². The van der Waals surface area contributed by atoms with E-state index < -0.39 is 15.4 Å². The third-order valence-electron chi connectivity index (χ3n) is 6.09. The molecule has 0 radical (unpaired) electrons. The molecule has 2 unspecified atom stereocenters. The molecule has 0 fully saturated rings. The molecule has 0 heterocycles. The van der Waals surface area contributed by atoms with Crippen LogP contribution in [0.5, 0.6) is 0 Å². The number of aliphatic hydroxyl groups is 1. The molecule has 2 N–H and O–H groups in total. The van der Waals surface area contributed by atoms with Gasteiger partial charge in [0, 0.05) is 0 Å². The Morgan fingerprint density at radius 3 is 1.31 bits per heavy atom. The highest BCUT2D eigenvalue weighted by Crippen LogP contribution is 2.19. The van der Waals surface area contributed by atoms with Crippen LogP contribution in [0.15, 0.2) is 0 Å². The highest BCUT2D eigenvalue weighted by Gasteiger charge is 2.21. The lowest BCUT2D eigenvalue weighted by Crippen LogP contribution is -2.20. The molecule has 0 spiro atoms. The molecular weight excluding hydrogens is 384 g/mol. The fourth-order valence-electron chi connectivity index (χ4n) is 3.96. The maximum Gasteiger partial charge on any atom is 0.267 e. The number of hydrogen-bond donors (Lipinski definition) is 2. The zero-order valence-electron chi connectivity index (χ0n) is 19.4. The van der Waals surface area contributed by atoms with Crippen LogP contribution in [-0.2, 0) is 10.1 Å². The first-order chi connectivity index (χ1) is 13.9. The molecule has 5 heteroatoms. The molecule has 0 aliphatic heterocycles. The van der Waals surface area contributed by atoms with Gasteiger partial charge in [0.2, 0.25) is 0 Å². The third kappa shape index (κ3) is 19.6. The molecule has 176 valence electrons. The molecule has 0 aromatic carbocycles. The second-order valence-electron chi connectivity index (χ2n) is 8.87. The topological polar surface area (TPSA) is 74.6 Å². The van der Waals surface area contributed by atoms with Gasteiger partial charge in [-0.1, -0.05) is 117 Å². The van der Waals surface area contributed by atoms with Crippen molar-refractivity contribution in [2.75, 3.05) is 0 Å². The van der Waals surface area contributed by atoms with Crippen molar-refractivity contribution in [1.29, 1.82) is 0 Å². The van der Waals surface area contributed by atoms with Crippen molar-refractivity contribution < 1.29 is 18.1 Å². The predicted octanol–water partition coefficient (Wildman–Crippen LogP) is 7.45. The first-order valence-corrected chi connectivity index (χ1v) is 14.1. The van der Waals surface area contributed by atoms with Crippen molar-refractivity contribution in [3.63, 3.8) is 0 Å². The Bertz CT molecular complexity index is 436. The predicted molar refractivity (Wildman–Crippen MR) is 125 cm³/mol. The van der Waals surface area contributed by atoms with E-state index in [1.165, 1.54) is 70.6 Å². The summed E-state index contributed by atoms with van der Waals surface area (Å²) in [6.07, 6.45) is 21.6. The molecular formula is C24H50O4S. The first-order valence-electron chi connectivity index (χ1n) is 12.6. The minimum atomic E-state index is -3.94. The monoisotopic (exact) mass is 434 g/mol. The number of hydrogen-bond acceptors (Lipinski definition) is 3. The average Bonchev–Trinajstić information content (AvgIpc) is 2.68. The van der Waals surface area contributed by atoms with Gasteiger partial charge in [0.05, 0.1) is 11.4 Å². The second kappa shape index (κ2) is 19.8. The van der Waals surface area contributed by atoms with Crippen LogP contribution < -0.4 is 0 Å². The van der Waals surface area contributed by atoms with Gasteiger partial charge >= 0.3 is 0 Å². The minimum absolute atomic E-state index is 0.238. The van der Waals surface area contributed by atoms with E-state index in [9.17, 15) is 18.1 Å². The van der Waals surface area contributed by atoms with Gasteiger partial charge in [0.15, 0.2) is 0 Å². The summed E-state index contributed by atoms with van der Waals surface area (Å²) in [5.41, 5.74) is 0.